The van der Waals surface area contributed by atoms with Crippen LogP contribution in [0.25, 0.3) is 0 Å². The van der Waals surface area contributed by atoms with Crippen LogP contribution in [-0.2, 0) is 14.9 Å². The SMILES string of the molecule is Cc1cc(Nc2ncc(F)c(N[C@H]3[C@@H](C(N)=O)[C@@H]4C=C[C@H]3C4)n2)ccc1N1CCN(C)CC1.Cc1ccc(S(=O)(=O)O)cc1. The molecule has 1 aromatic heterocycles. The van der Waals surface area contributed by atoms with Gasteiger partial charge in [-0.1, -0.05) is 29.8 Å². The predicted molar refractivity (Wildman–Crippen MR) is 168 cm³/mol. The van der Waals surface area contributed by atoms with Crippen molar-refractivity contribution in [3.8, 4) is 0 Å². The first-order valence-electron chi connectivity index (χ1n) is 14.5. The van der Waals surface area contributed by atoms with Crippen LogP contribution >= 0.6 is 0 Å². The molecule has 3 aliphatic rings. The molecule has 1 saturated carbocycles. The molecule has 3 aromatic rings. The van der Waals surface area contributed by atoms with Crippen molar-refractivity contribution in [2.75, 3.05) is 48.8 Å². The number of hydrogen-bond acceptors (Lipinski definition) is 9. The molecule has 0 unspecified atom stereocenters. The average molecular weight is 624 g/mol. The highest BCUT2D eigenvalue weighted by atomic mass is 32.2. The third-order valence-electron chi connectivity index (χ3n) is 8.45. The summed E-state index contributed by atoms with van der Waals surface area (Å²) in [6, 6.07) is 11.9. The van der Waals surface area contributed by atoms with E-state index >= 15 is 0 Å². The van der Waals surface area contributed by atoms with Gasteiger partial charge in [0.25, 0.3) is 10.1 Å². The van der Waals surface area contributed by atoms with E-state index in [1.807, 2.05) is 19.1 Å². The van der Waals surface area contributed by atoms with Gasteiger partial charge >= 0.3 is 0 Å². The Morgan fingerprint density at radius 2 is 1.73 bits per heavy atom. The summed E-state index contributed by atoms with van der Waals surface area (Å²) in [5, 5.41) is 6.32. The first kappa shape index (κ1) is 31.4. The Labute approximate surface area is 257 Å². The first-order chi connectivity index (χ1) is 20.9. The molecule has 2 aromatic carbocycles. The van der Waals surface area contributed by atoms with E-state index in [2.05, 4.69) is 62.6 Å². The number of hydrogen-bond donors (Lipinski definition) is 4. The smallest absolute Gasteiger partial charge is 0.294 e. The molecule has 44 heavy (non-hydrogen) atoms. The summed E-state index contributed by atoms with van der Waals surface area (Å²) in [5.41, 5.74) is 9.79. The van der Waals surface area contributed by atoms with Gasteiger partial charge < -0.3 is 26.2 Å². The van der Waals surface area contributed by atoms with Crippen molar-refractivity contribution in [1.82, 2.24) is 14.9 Å². The minimum atomic E-state index is -4.02. The number of nitrogens with one attached hydrogen (secondary N) is 2. The number of rotatable bonds is 7. The quantitative estimate of drug-likeness (QED) is 0.226. The summed E-state index contributed by atoms with van der Waals surface area (Å²) >= 11 is 0. The highest BCUT2D eigenvalue weighted by molar-refractivity contribution is 7.85. The van der Waals surface area contributed by atoms with Crippen LogP contribution in [0.1, 0.15) is 17.5 Å². The molecule has 2 fully saturated rings. The Balaban J connectivity index is 0.000000296. The number of nitrogens with two attached hydrogens (primary N) is 1. The van der Waals surface area contributed by atoms with Crippen LogP contribution in [0, 0.1) is 37.4 Å². The molecule has 11 nitrogen and oxygen atoms in total. The maximum Gasteiger partial charge on any atom is 0.294 e. The summed E-state index contributed by atoms with van der Waals surface area (Å²) in [7, 11) is -1.88. The molecule has 234 valence electrons. The number of fused-ring (bicyclic) bond motifs is 2. The van der Waals surface area contributed by atoms with Crippen LogP contribution in [0.15, 0.2) is 65.7 Å². The second kappa shape index (κ2) is 12.9. The van der Waals surface area contributed by atoms with Gasteiger partial charge in [0.1, 0.15) is 0 Å². The first-order valence-corrected chi connectivity index (χ1v) is 15.9. The molecule has 13 heteroatoms. The molecule has 5 N–H and O–H groups in total. The second-order valence-electron chi connectivity index (χ2n) is 11.6. The second-order valence-corrected chi connectivity index (χ2v) is 13.1. The Morgan fingerprint density at radius 3 is 2.36 bits per heavy atom. The molecule has 1 saturated heterocycles. The van der Waals surface area contributed by atoms with Crippen molar-refractivity contribution in [3.05, 3.63) is 77.8 Å². The minimum Gasteiger partial charge on any atom is -0.369 e. The zero-order chi connectivity index (χ0) is 31.6. The lowest BCUT2D eigenvalue weighted by molar-refractivity contribution is -0.122. The van der Waals surface area contributed by atoms with Crippen LogP contribution in [0.2, 0.25) is 0 Å². The van der Waals surface area contributed by atoms with E-state index in [0.717, 1.165) is 55.6 Å². The fraction of sp³-hybridized carbons (Fsp3) is 0.387. The number of nitrogens with zero attached hydrogens (tertiary/aromatic N) is 4. The lowest BCUT2D eigenvalue weighted by Gasteiger charge is -2.35. The summed E-state index contributed by atoms with van der Waals surface area (Å²) in [4.78, 5) is 25.1. The number of halogens is 1. The summed E-state index contributed by atoms with van der Waals surface area (Å²) in [6.45, 7) is 8.04. The summed E-state index contributed by atoms with van der Waals surface area (Å²) in [5.74, 6) is -0.673. The largest absolute Gasteiger partial charge is 0.369 e. The van der Waals surface area contributed by atoms with E-state index in [1.54, 1.807) is 12.1 Å². The fourth-order valence-electron chi connectivity index (χ4n) is 6.07. The number of carbonyl (C=O) groups is 1. The highest BCUT2D eigenvalue weighted by Gasteiger charge is 2.47. The number of piperazine rings is 1. The molecule has 4 atom stereocenters. The maximum absolute atomic E-state index is 14.5. The number of anilines is 4. The molecular formula is C31H38FN7O4S. The van der Waals surface area contributed by atoms with Crippen LogP contribution in [0.5, 0.6) is 0 Å². The predicted octanol–water partition coefficient (Wildman–Crippen LogP) is 3.75. The van der Waals surface area contributed by atoms with Crippen molar-refractivity contribution in [2.45, 2.75) is 31.2 Å². The Bertz CT molecular complexity index is 1640. The molecule has 2 bridgehead atoms. The lowest BCUT2D eigenvalue weighted by atomic mass is 9.88. The third-order valence-corrected chi connectivity index (χ3v) is 9.32. The Hall–Kier alpha value is -4.07. The molecule has 0 radical (unpaired) electrons. The van der Waals surface area contributed by atoms with Crippen LogP contribution in [0.3, 0.4) is 0 Å². The van der Waals surface area contributed by atoms with Crippen molar-refractivity contribution in [2.24, 2.45) is 23.5 Å². The van der Waals surface area contributed by atoms with E-state index in [9.17, 15) is 17.6 Å². The molecule has 6 rings (SSSR count). The van der Waals surface area contributed by atoms with Gasteiger partial charge in [0, 0.05) is 43.6 Å². The number of allylic oxidation sites excluding steroid dienone is 1. The lowest BCUT2D eigenvalue weighted by Crippen LogP contribution is -2.44. The monoisotopic (exact) mass is 623 g/mol. The van der Waals surface area contributed by atoms with Crippen molar-refractivity contribution >= 4 is 39.2 Å². The average Bonchev–Trinajstić information content (AvgIpc) is 3.58. The summed E-state index contributed by atoms with van der Waals surface area (Å²) in [6.07, 6.45) is 6.11. The number of primary amides is 1. The van der Waals surface area contributed by atoms with Crippen molar-refractivity contribution in [3.63, 3.8) is 0 Å². The van der Waals surface area contributed by atoms with E-state index in [4.69, 9.17) is 10.3 Å². The summed E-state index contributed by atoms with van der Waals surface area (Å²) < 4.78 is 44.1. The molecular weight excluding hydrogens is 585 g/mol. The van der Waals surface area contributed by atoms with Gasteiger partial charge in [-0.15, -0.1) is 0 Å². The fourth-order valence-corrected chi connectivity index (χ4v) is 6.55. The van der Waals surface area contributed by atoms with Crippen LogP contribution in [0.4, 0.5) is 27.5 Å². The molecule has 2 heterocycles. The normalized spacial score (nSPS) is 22.8. The van der Waals surface area contributed by atoms with E-state index in [-0.39, 0.29) is 40.4 Å². The van der Waals surface area contributed by atoms with Gasteiger partial charge in [-0.2, -0.15) is 13.4 Å². The topological polar surface area (TPSA) is 154 Å². The molecule has 2 aliphatic carbocycles. The zero-order valence-electron chi connectivity index (χ0n) is 24.9. The van der Waals surface area contributed by atoms with Gasteiger partial charge in [0.05, 0.1) is 17.0 Å². The van der Waals surface area contributed by atoms with Gasteiger partial charge in [-0.05, 0) is 75.0 Å². The Morgan fingerprint density at radius 1 is 1.05 bits per heavy atom. The van der Waals surface area contributed by atoms with Crippen LogP contribution < -0.4 is 21.3 Å². The van der Waals surface area contributed by atoms with E-state index < -0.39 is 15.9 Å². The van der Waals surface area contributed by atoms with Crippen molar-refractivity contribution < 1.29 is 22.2 Å². The molecule has 1 aliphatic heterocycles. The van der Waals surface area contributed by atoms with Crippen LogP contribution in [-0.4, -0.2) is 73.0 Å². The number of carbonyl (C=O) groups excluding carboxylic acids is 1. The van der Waals surface area contributed by atoms with E-state index in [1.165, 1.54) is 17.8 Å². The van der Waals surface area contributed by atoms with E-state index in [0.29, 0.717) is 5.95 Å². The number of benzene rings is 2. The highest BCUT2D eigenvalue weighted by Crippen LogP contribution is 2.45. The number of amides is 1. The van der Waals surface area contributed by atoms with Gasteiger partial charge in [0.15, 0.2) is 11.6 Å². The molecule has 0 spiro atoms. The number of likely N-dealkylation sites (N-methyl/N-ethyl adjacent to an activating group) is 1. The van der Waals surface area contributed by atoms with Gasteiger partial charge in [-0.25, -0.2) is 9.37 Å². The van der Waals surface area contributed by atoms with Gasteiger partial charge in [-0.3, -0.25) is 9.35 Å². The number of aryl methyl sites for hydroxylation is 2. The van der Waals surface area contributed by atoms with Gasteiger partial charge in [0.2, 0.25) is 11.9 Å². The zero-order valence-corrected chi connectivity index (χ0v) is 25.8. The molecule has 1 amide bonds. The Kier molecular flexibility index (Phi) is 9.18. The standard InChI is InChI=1S/C24H30FN7O.C7H8O3S/c1-14-11-17(5-6-19(14)32-9-7-31(2)8-10-32)28-24-27-13-18(25)23(30-24)29-21-16-4-3-15(12-16)20(21)22(26)33;1-6-2-4-7(5-3-6)11(8,9)10/h3-6,11,13,15-16,20-21H,7-10,12H2,1-2H3,(H2,26,33)(H2,27,28,29,30);2-5H,1H3,(H,8,9,10)/t15-,16+,20+,21-;/m1./s1. The third kappa shape index (κ3) is 7.17. The maximum atomic E-state index is 14.5. The number of aromatic nitrogens is 2. The van der Waals surface area contributed by atoms with Crippen molar-refractivity contribution in [1.29, 1.82) is 0 Å². The minimum absolute atomic E-state index is 0.0666.